The molecule has 0 spiro atoms. The van der Waals surface area contributed by atoms with Gasteiger partial charge in [0, 0.05) is 11.1 Å². The number of rotatable bonds is 6. The number of sulfonamides is 1. The van der Waals surface area contributed by atoms with Crippen molar-refractivity contribution >= 4 is 27.6 Å². The Morgan fingerprint density at radius 2 is 1.77 bits per heavy atom. The van der Waals surface area contributed by atoms with E-state index in [0.29, 0.717) is 16.3 Å². The van der Waals surface area contributed by atoms with Crippen LogP contribution >= 0.6 is 11.6 Å². The SMILES string of the molecule is COc1ccc(C(=O)Oc2ccc(Cl)cc2C)cc1S(=O)(=O)NC(C)C. The minimum Gasteiger partial charge on any atom is -0.495 e. The highest BCUT2D eigenvalue weighted by Gasteiger charge is 2.23. The fourth-order valence-electron chi connectivity index (χ4n) is 2.27. The smallest absolute Gasteiger partial charge is 0.343 e. The predicted molar refractivity (Wildman–Crippen MR) is 99.6 cm³/mol. The number of nitrogens with one attached hydrogen (secondary N) is 1. The summed E-state index contributed by atoms with van der Waals surface area (Å²) in [7, 11) is -2.49. The molecule has 0 aliphatic carbocycles. The molecule has 0 atom stereocenters. The minimum absolute atomic E-state index is 0.0873. The van der Waals surface area contributed by atoms with Crippen molar-refractivity contribution < 1.29 is 22.7 Å². The lowest BCUT2D eigenvalue weighted by Crippen LogP contribution is -2.30. The molecule has 0 fully saturated rings. The fourth-order valence-corrected chi connectivity index (χ4v) is 3.95. The second-order valence-electron chi connectivity index (χ2n) is 5.94. The summed E-state index contributed by atoms with van der Waals surface area (Å²) in [5.74, 6) is -0.198. The zero-order valence-electron chi connectivity index (χ0n) is 14.9. The summed E-state index contributed by atoms with van der Waals surface area (Å²) in [6.07, 6.45) is 0. The van der Waals surface area contributed by atoms with Crippen molar-refractivity contribution in [3.8, 4) is 11.5 Å². The first-order chi connectivity index (χ1) is 12.1. The Labute approximate surface area is 158 Å². The summed E-state index contributed by atoms with van der Waals surface area (Å²) in [5.41, 5.74) is 0.776. The van der Waals surface area contributed by atoms with Gasteiger partial charge in [0.05, 0.1) is 12.7 Å². The summed E-state index contributed by atoms with van der Waals surface area (Å²) in [5, 5.41) is 0.528. The normalized spacial score (nSPS) is 11.5. The van der Waals surface area contributed by atoms with Gasteiger partial charge in [0.1, 0.15) is 16.4 Å². The first kappa shape index (κ1) is 20.2. The first-order valence-electron chi connectivity index (χ1n) is 7.82. The maximum Gasteiger partial charge on any atom is 0.343 e. The molecule has 0 saturated heterocycles. The summed E-state index contributed by atoms with van der Waals surface area (Å²) >= 11 is 5.89. The second kappa shape index (κ2) is 8.07. The lowest BCUT2D eigenvalue weighted by molar-refractivity contribution is 0.0733. The Kier molecular flexibility index (Phi) is 6.28. The molecular weight excluding hydrogens is 378 g/mol. The number of hydrogen-bond acceptors (Lipinski definition) is 5. The quantitative estimate of drug-likeness (QED) is 0.595. The summed E-state index contributed by atoms with van der Waals surface area (Å²) < 4.78 is 37.9. The van der Waals surface area contributed by atoms with Crippen molar-refractivity contribution in [2.45, 2.75) is 31.7 Å². The van der Waals surface area contributed by atoms with E-state index >= 15 is 0 Å². The molecule has 0 amide bonds. The van der Waals surface area contributed by atoms with E-state index in [1.807, 2.05) is 0 Å². The van der Waals surface area contributed by atoms with Crippen LogP contribution < -0.4 is 14.2 Å². The zero-order chi connectivity index (χ0) is 19.5. The molecule has 1 N–H and O–H groups in total. The number of hydrogen-bond donors (Lipinski definition) is 1. The van der Waals surface area contributed by atoms with E-state index in [4.69, 9.17) is 21.1 Å². The zero-order valence-corrected chi connectivity index (χ0v) is 16.4. The van der Waals surface area contributed by atoms with Gasteiger partial charge >= 0.3 is 5.97 Å². The fraction of sp³-hybridized carbons (Fsp3) is 0.278. The third-order valence-corrected chi connectivity index (χ3v) is 5.33. The van der Waals surface area contributed by atoms with E-state index in [9.17, 15) is 13.2 Å². The molecule has 140 valence electrons. The van der Waals surface area contributed by atoms with E-state index in [2.05, 4.69) is 4.72 Å². The van der Waals surface area contributed by atoms with E-state index in [1.165, 1.54) is 25.3 Å². The molecule has 0 heterocycles. The van der Waals surface area contributed by atoms with Gasteiger partial charge in [0.15, 0.2) is 0 Å². The first-order valence-corrected chi connectivity index (χ1v) is 9.69. The highest BCUT2D eigenvalue weighted by Crippen LogP contribution is 2.27. The average Bonchev–Trinajstić information content (AvgIpc) is 2.55. The average molecular weight is 398 g/mol. The Bertz CT molecular complexity index is 925. The van der Waals surface area contributed by atoms with Gasteiger partial charge in [-0.1, -0.05) is 11.6 Å². The molecule has 0 unspecified atom stereocenters. The van der Waals surface area contributed by atoms with Crippen molar-refractivity contribution in [1.29, 1.82) is 0 Å². The Hall–Kier alpha value is -2.09. The molecular formula is C18H20ClNO5S. The molecule has 0 saturated carbocycles. The molecule has 0 aliphatic rings. The number of ether oxygens (including phenoxy) is 2. The standard InChI is InChI=1S/C18H20ClNO5S/c1-11(2)20-26(22,23)17-10-13(5-7-16(17)24-4)18(21)25-15-8-6-14(19)9-12(15)3/h5-11,20H,1-4H3. The van der Waals surface area contributed by atoms with Crippen molar-refractivity contribution in [3.63, 3.8) is 0 Å². The second-order valence-corrected chi connectivity index (χ2v) is 8.06. The van der Waals surface area contributed by atoms with Crippen LogP contribution in [0.1, 0.15) is 29.8 Å². The van der Waals surface area contributed by atoms with Crippen LogP contribution in [-0.4, -0.2) is 27.5 Å². The van der Waals surface area contributed by atoms with Gasteiger partial charge in [-0.2, -0.15) is 0 Å². The van der Waals surface area contributed by atoms with Crippen molar-refractivity contribution in [2.24, 2.45) is 0 Å². The maximum absolute atomic E-state index is 12.5. The molecule has 2 rings (SSSR count). The van der Waals surface area contributed by atoms with Crippen molar-refractivity contribution in [3.05, 3.63) is 52.5 Å². The highest BCUT2D eigenvalue weighted by atomic mass is 35.5. The van der Waals surface area contributed by atoms with E-state index in [1.54, 1.807) is 39.0 Å². The van der Waals surface area contributed by atoms with Crippen LogP contribution in [0.5, 0.6) is 11.5 Å². The van der Waals surface area contributed by atoms with E-state index < -0.39 is 16.0 Å². The molecule has 6 nitrogen and oxygen atoms in total. The molecule has 8 heteroatoms. The Balaban J connectivity index is 2.38. The Morgan fingerprint density at radius 1 is 1.12 bits per heavy atom. The van der Waals surface area contributed by atoms with Crippen LogP contribution in [0, 0.1) is 6.92 Å². The molecule has 0 aliphatic heterocycles. The van der Waals surface area contributed by atoms with E-state index in [-0.39, 0.29) is 22.3 Å². The van der Waals surface area contributed by atoms with Crippen LogP contribution in [0.4, 0.5) is 0 Å². The van der Waals surface area contributed by atoms with Crippen LogP contribution in [0.2, 0.25) is 5.02 Å². The predicted octanol–water partition coefficient (Wildman–Crippen LogP) is 3.56. The summed E-state index contributed by atoms with van der Waals surface area (Å²) in [6.45, 7) is 5.15. The van der Waals surface area contributed by atoms with Crippen LogP contribution in [-0.2, 0) is 10.0 Å². The number of halogens is 1. The number of esters is 1. The largest absolute Gasteiger partial charge is 0.495 e. The number of aryl methyl sites for hydroxylation is 1. The topological polar surface area (TPSA) is 81.7 Å². The number of carbonyl (C=O) groups is 1. The molecule has 0 bridgehead atoms. The van der Waals surface area contributed by atoms with Gasteiger partial charge in [0.2, 0.25) is 10.0 Å². The van der Waals surface area contributed by atoms with Crippen LogP contribution in [0.3, 0.4) is 0 Å². The lowest BCUT2D eigenvalue weighted by atomic mass is 10.2. The van der Waals surface area contributed by atoms with Crippen LogP contribution in [0.25, 0.3) is 0 Å². The molecule has 0 aromatic heterocycles. The van der Waals surface area contributed by atoms with Gasteiger partial charge in [-0.05, 0) is 62.7 Å². The van der Waals surface area contributed by atoms with Gasteiger partial charge in [-0.3, -0.25) is 0 Å². The summed E-state index contributed by atoms with van der Waals surface area (Å²) in [6, 6.07) is 8.64. The summed E-state index contributed by atoms with van der Waals surface area (Å²) in [4.78, 5) is 12.3. The van der Waals surface area contributed by atoms with Crippen molar-refractivity contribution in [2.75, 3.05) is 7.11 Å². The number of methoxy groups -OCH3 is 1. The van der Waals surface area contributed by atoms with E-state index in [0.717, 1.165) is 0 Å². The van der Waals surface area contributed by atoms with Gasteiger partial charge in [-0.15, -0.1) is 0 Å². The highest BCUT2D eigenvalue weighted by molar-refractivity contribution is 7.89. The van der Waals surface area contributed by atoms with Crippen molar-refractivity contribution in [1.82, 2.24) is 4.72 Å². The van der Waals surface area contributed by atoms with Gasteiger partial charge in [0.25, 0.3) is 0 Å². The third kappa shape index (κ3) is 4.75. The maximum atomic E-state index is 12.5. The number of carbonyl (C=O) groups excluding carboxylic acids is 1. The third-order valence-electron chi connectivity index (χ3n) is 3.42. The lowest BCUT2D eigenvalue weighted by Gasteiger charge is -2.14. The molecule has 2 aromatic rings. The molecule has 26 heavy (non-hydrogen) atoms. The van der Waals surface area contributed by atoms with Crippen LogP contribution in [0.15, 0.2) is 41.3 Å². The van der Waals surface area contributed by atoms with Gasteiger partial charge < -0.3 is 9.47 Å². The number of benzene rings is 2. The minimum atomic E-state index is -3.85. The van der Waals surface area contributed by atoms with Gasteiger partial charge in [-0.25, -0.2) is 17.9 Å². The Morgan fingerprint density at radius 3 is 2.35 bits per heavy atom. The monoisotopic (exact) mass is 397 g/mol. The molecule has 0 radical (unpaired) electrons. The molecule has 2 aromatic carbocycles.